The molecule has 4 aliphatic rings. The molecule has 0 saturated carbocycles. The third-order valence-corrected chi connectivity index (χ3v) is 13.0. The molecule has 11 heteroatoms. The van der Waals surface area contributed by atoms with Gasteiger partial charge in [-0.05, 0) is 155 Å². The molecule has 0 bridgehead atoms. The van der Waals surface area contributed by atoms with Crippen molar-refractivity contribution in [2.75, 3.05) is 45.8 Å². The zero-order valence-electron chi connectivity index (χ0n) is 33.4. The number of aryl methyl sites for hydroxylation is 2. The lowest BCUT2D eigenvalue weighted by atomic mass is 9.85. The summed E-state index contributed by atoms with van der Waals surface area (Å²) in [6.07, 6.45) is 4.60. The number of likely N-dealkylation sites (tertiary alicyclic amines) is 1. The molecule has 1 unspecified atom stereocenters. The summed E-state index contributed by atoms with van der Waals surface area (Å²) in [5.74, 6) is -2.54. The molecular weight excluding hydrogens is 721 g/mol. The molecule has 0 radical (unpaired) electrons. The van der Waals surface area contributed by atoms with Gasteiger partial charge >= 0.3 is 17.9 Å². The molecule has 3 aromatic rings. The molecular formula is C46H60N4O7. The summed E-state index contributed by atoms with van der Waals surface area (Å²) in [6.45, 7) is 10.1. The van der Waals surface area contributed by atoms with Gasteiger partial charge in [-0.15, -0.1) is 0 Å². The van der Waals surface area contributed by atoms with Crippen LogP contribution in [0.1, 0.15) is 70.7 Å². The van der Waals surface area contributed by atoms with Gasteiger partial charge in [-0.25, -0.2) is 0 Å². The van der Waals surface area contributed by atoms with Crippen molar-refractivity contribution in [3.63, 3.8) is 0 Å². The summed E-state index contributed by atoms with van der Waals surface area (Å²) in [5, 5.41) is 40.5. The summed E-state index contributed by atoms with van der Waals surface area (Å²) in [4.78, 5) is 39.6. The Hall–Kier alpha value is -4.29. The second kappa shape index (κ2) is 18.5. The normalized spacial score (nSPS) is 25.3. The molecule has 11 nitrogen and oxygen atoms in total. The molecule has 0 aliphatic carbocycles. The Bertz CT molecular complexity index is 1880. The van der Waals surface area contributed by atoms with Crippen LogP contribution in [0.25, 0.3) is 0 Å². The fraction of sp³-hybridized carbons (Fsp3) is 0.543. The van der Waals surface area contributed by atoms with Gasteiger partial charge in [0.15, 0.2) is 0 Å². The van der Waals surface area contributed by atoms with Crippen LogP contribution in [0.5, 0.6) is 5.75 Å². The highest BCUT2D eigenvalue weighted by Gasteiger charge is 2.37. The maximum absolute atomic E-state index is 12.4. The molecule has 4 fully saturated rings. The van der Waals surface area contributed by atoms with E-state index in [4.69, 9.17) is 4.74 Å². The van der Waals surface area contributed by atoms with Crippen LogP contribution in [0.3, 0.4) is 0 Å². The first-order valence-corrected chi connectivity index (χ1v) is 21.0. The average molecular weight is 781 g/mol. The molecule has 0 spiro atoms. The van der Waals surface area contributed by atoms with Crippen molar-refractivity contribution in [1.29, 1.82) is 0 Å². The van der Waals surface area contributed by atoms with Gasteiger partial charge in [0.25, 0.3) is 0 Å². The number of carboxylic acids is 3. The van der Waals surface area contributed by atoms with Crippen molar-refractivity contribution >= 4 is 17.9 Å². The largest absolute Gasteiger partial charge is 0.489 e. The fourth-order valence-electron chi connectivity index (χ4n) is 10.2. The molecule has 8 atom stereocenters. The lowest BCUT2D eigenvalue weighted by Crippen LogP contribution is -2.28. The van der Waals surface area contributed by atoms with E-state index < -0.39 is 35.7 Å². The minimum Gasteiger partial charge on any atom is -0.489 e. The summed E-state index contributed by atoms with van der Waals surface area (Å²) in [5.41, 5.74) is 7.40. The van der Waals surface area contributed by atoms with Crippen LogP contribution >= 0.6 is 0 Å². The molecule has 6 N–H and O–H groups in total. The van der Waals surface area contributed by atoms with E-state index in [1.54, 1.807) is 0 Å². The first-order valence-electron chi connectivity index (χ1n) is 21.0. The zero-order valence-corrected chi connectivity index (χ0v) is 33.4. The minimum absolute atomic E-state index is 0.00204. The molecule has 0 amide bonds. The van der Waals surface area contributed by atoms with Crippen LogP contribution in [0.4, 0.5) is 0 Å². The Kier molecular flexibility index (Phi) is 13.3. The van der Waals surface area contributed by atoms with E-state index in [1.807, 2.05) is 31.2 Å². The zero-order chi connectivity index (χ0) is 40.1. The molecule has 4 aliphatic heterocycles. The van der Waals surface area contributed by atoms with Gasteiger partial charge in [0.2, 0.25) is 0 Å². The molecule has 306 valence electrons. The minimum atomic E-state index is -0.757. The highest BCUT2D eigenvalue weighted by molar-refractivity contribution is 5.72. The number of ether oxygens (including phenoxy) is 1. The lowest BCUT2D eigenvalue weighted by Gasteiger charge is -2.26. The van der Waals surface area contributed by atoms with Gasteiger partial charge in [-0.2, -0.15) is 0 Å². The highest BCUT2D eigenvalue weighted by Crippen LogP contribution is 2.38. The Morgan fingerprint density at radius 1 is 0.667 bits per heavy atom. The second-order valence-electron chi connectivity index (χ2n) is 17.4. The Morgan fingerprint density at radius 2 is 1.18 bits per heavy atom. The number of carbonyl (C=O) groups is 3. The summed E-state index contributed by atoms with van der Waals surface area (Å²) in [7, 11) is 0. The summed E-state index contributed by atoms with van der Waals surface area (Å²) < 4.78 is 6.80. The van der Waals surface area contributed by atoms with E-state index in [-0.39, 0.29) is 29.9 Å². The number of hydrogen-bond donors (Lipinski definition) is 6. The fourth-order valence-corrected chi connectivity index (χ4v) is 10.2. The van der Waals surface area contributed by atoms with E-state index >= 15 is 0 Å². The molecule has 0 aromatic heterocycles. The van der Waals surface area contributed by atoms with Crippen molar-refractivity contribution < 1.29 is 34.4 Å². The van der Waals surface area contributed by atoms with Gasteiger partial charge in [-0.3, -0.25) is 19.3 Å². The predicted octanol–water partition coefficient (Wildman–Crippen LogP) is 5.26. The third kappa shape index (κ3) is 10.4. The van der Waals surface area contributed by atoms with E-state index in [2.05, 4.69) is 64.2 Å². The van der Waals surface area contributed by atoms with Gasteiger partial charge in [0, 0.05) is 25.6 Å². The summed E-state index contributed by atoms with van der Waals surface area (Å²) in [6, 6.07) is 21.0. The molecule has 4 saturated heterocycles. The Balaban J connectivity index is 1.14. The van der Waals surface area contributed by atoms with Crippen molar-refractivity contribution in [3.8, 4) is 5.75 Å². The van der Waals surface area contributed by atoms with Crippen molar-refractivity contribution in [2.24, 2.45) is 35.5 Å². The number of nitrogens with one attached hydrogen (secondary N) is 3. The number of rotatable bonds is 17. The number of benzene rings is 3. The molecule has 3 aromatic carbocycles. The Labute approximate surface area is 336 Å². The van der Waals surface area contributed by atoms with Crippen LogP contribution in [0.2, 0.25) is 0 Å². The monoisotopic (exact) mass is 780 g/mol. The van der Waals surface area contributed by atoms with E-state index in [1.165, 1.54) is 0 Å². The number of aliphatic carboxylic acids is 3. The molecule has 4 heterocycles. The van der Waals surface area contributed by atoms with E-state index in [0.717, 1.165) is 110 Å². The number of hydrogen-bond acceptors (Lipinski definition) is 8. The third-order valence-electron chi connectivity index (χ3n) is 13.0. The van der Waals surface area contributed by atoms with Gasteiger partial charge in [-0.1, -0.05) is 54.1 Å². The SMILES string of the molecule is Cc1cc(C[C@H](C(=O)O)[C@H]2CCNC2)cc(CN2C[C@@H](Oc3cc(C)cc(C[C@H](C(=O)O)[C@H]4CCNC4)c3)CC2c2cccc(C[C@H](C(=O)O)[C@H]3CCNC3)c2)c1. The van der Waals surface area contributed by atoms with Crippen molar-refractivity contribution in [3.05, 3.63) is 99.6 Å². The highest BCUT2D eigenvalue weighted by atomic mass is 16.5. The Morgan fingerprint density at radius 3 is 1.70 bits per heavy atom. The topological polar surface area (TPSA) is 160 Å². The first kappa shape index (κ1) is 40.9. The van der Waals surface area contributed by atoms with Gasteiger partial charge in [0.1, 0.15) is 11.9 Å². The van der Waals surface area contributed by atoms with Crippen LogP contribution in [-0.4, -0.2) is 90.0 Å². The van der Waals surface area contributed by atoms with E-state index in [9.17, 15) is 29.7 Å². The standard InChI is InChI=1S/C46H60N4O7/c1-28-12-31(20-41(45(53)54)36-7-10-48-24-36)16-33(14-28)26-50-27-39(57-38-15-29(2)13-32(18-38)21-42(46(55)56)37-8-11-49-25-37)22-43(50)34-5-3-4-30(17-34)19-40(44(51)52)35-6-9-47-23-35/h3-5,12-18,35-37,39-43,47-49H,6-11,19-27H2,1-2H3,(H,51,52)(H,53,54)(H,55,56)/t35-,36-,37-,39-,40-,41-,42-,43?/m0/s1. The average Bonchev–Trinajstić information content (AvgIpc) is 4.01. The predicted molar refractivity (Wildman–Crippen MR) is 218 cm³/mol. The lowest BCUT2D eigenvalue weighted by molar-refractivity contribution is -0.144. The quantitative estimate of drug-likeness (QED) is 0.106. The van der Waals surface area contributed by atoms with Gasteiger partial charge < -0.3 is 36.0 Å². The van der Waals surface area contributed by atoms with Crippen LogP contribution < -0.4 is 20.7 Å². The van der Waals surface area contributed by atoms with E-state index in [0.29, 0.717) is 32.4 Å². The maximum atomic E-state index is 12.4. The second-order valence-corrected chi connectivity index (χ2v) is 17.4. The van der Waals surface area contributed by atoms with Crippen molar-refractivity contribution in [2.45, 2.75) is 77.5 Å². The molecule has 57 heavy (non-hydrogen) atoms. The number of nitrogens with zero attached hydrogens (tertiary/aromatic N) is 1. The summed E-state index contributed by atoms with van der Waals surface area (Å²) >= 11 is 0. The van der Waals surface area contributed by atoms with Crippen LogP contribution in [-0.2, 0) is 40.2 Å². The first-order chi connectivity index (χ1) is 27.5. The maximum Gasteiger partial charge on any atom is 0.307 e. The van der Waals surface area contributed by atoms with Crippen LogP contribution in [0.15, 0.2) is 60.7 Å². The van der Waals surface area contributed by atoms with Gasteiger partial charge in [0.05, 0.1) is 17.8 Å². The molecule has 7 rings (SSSR count). The smallest absolute Gasteiger partial charge is 0.307 e. The van der Waals surface area contributed by atoms with Crippen LogP contribution in [0, 0.1) is 49.4 Å². The van der Waals surface area contributed by atoms with Crippen molar-refractivity contribution in [1.82, 2.24) is 20.9 Å². The number of carboxylic acid groups (broad SMARTS) is 3.